The van der Waals surface area contributed by atoms with E-state index in [-0.39, 0.29) is 104 Å². The Balaban J connectivity index is -0.00000142. The molecule has 0 saturated carbocycles. The molecule has 12 rings (SSSR count). The predicted molar refractivity (Wildman–Crippen MR) is 496 cm³/mol. The molecule has 28 nitrogen and oxygen atoms in total. The first-order valence-corrected chi connectivity index (χ1v) is 36.8. The van der Waals surface area contributed by atoms with Gasteiger partial charge in [0.05, 0.1) is 85.3 Å². The fourth-order valence-corrected chi connectivity index (χ4v) is 8.99. The second kappa shape index (κ2) is 76.7. The molecule has 12 aromatic rings. The van der Waals surface area contributed by atoms with E-state index in [1.54, 1.807) is 85.3 Å². The minimum absolute atomic E-state index is 0. The number of nitrogens with zero attached hydrogens (tertiary/aromatic N) is 12. The number of hydrogen-bond acceptors (Lipinski definition) is 22. The molecule has 0 aliphatic rings. The smallest absolute Gasteiger partial charge is 0.497 e. The van der Waals surface area contributed by atoms with Crippen LogP contribution in [0.2, 0.25) is 0 Å². The fourth-order valence-electron chi connectivity index (χ4n) is 8.99. The van der Waals surface area contributed by atoms with Crippen molar-refractivity contribution >= 4 is 106 Å². The fraction of sp³-hybridized carbons (Fsp3) is 0.170. The first kappa shape index (κ1) is 119. The van der Waals surface area contributed by atoms with E-state index in [4.69, 9.17) is 77.3 Å². The zero-order valence-corrected chi connectivity index (χ0v) is 84.6. The van der Waals surface area contributed by atoms with Crippen LogP contribution < -0.4 is 56.8 Å². The second-order valence-electron chi connectivity index (χ2n) is 22.6. The van der Waals surface area contributed by atoms with Crippen molar-refractivity contribution < 1.29 is 181 Å². The van der Waals surface area contributed by atoms with Gasteiger partial charge in [-0.25, -0.2) is 0 Å². The maximum absolute atomic E-state index is 7.00. The van der Waals surface area contributed by atoms with Crippen molar-refractivity contribution in [2.75, 3.05) is 114 Å². The van der Waals surface area contributed by atoms with Crippen LogP contribution in [0, 0.1) is 0 Å². The summed E-state index contributed by atoms with van der Waals surface area (Å²) < 4.78 is 60.9. The Hall–Kier alpha value is -11.7. The standard InChI is InChI=1S/6C15H15N2O2.4CH4O.4Mo.Zn/c6*1-18-14-7-3-12(4-8-14)16-11-17-13-5-9-15(19-2)10-6-13;4*1-2;;;;;/h6*3-11H,1-2H3;4*2H,1H3;;;;;/q6*-1;;;;;;;2*+2;. The van der Waals surface area contributed by atoms with Gasteiger partial charge in [-0.2, -0.15) is 0 Å². The van der Waals surface area contributed by atoms with Crippen molar-refractivity contribution in [3.05, 3.63) is 323 Å². The van der Waals surface area contributed by atoms with Crippen molar-refractivity contribution in [3.63, 3.8) is 0 Å². The van der Waals surface area contributed by atoms with Crippen LogP contribution in [0.1, 0.15) is 0 Å². The summed E-state index contributed by atoms with van der Waals surface area (Å²) in [6.07, 6.45) is 9.19. The molecule has 33 heteroatoms. The number of aliphatic imine (C=N–C) groups is 6. The van der Waals surface area contributed by atoms with Gasteiger partial charge in [0, 0.05) is 90.0 Å². The van der Waals surface area contributed by atoms with Gasteiger partial charge in [-0.1, -0.05) is 184 Å². The van der Waals surface area contributed by atoms with Crippen LogP contribution in [0.15, 0.2) is 321 Å². The van der Waals surface area contributed by atoms with Crippen LogP contribution >= 0.6 is 0 Å². The summed E-state index contributed by atoms with van der Waals surface area (Å²) in [6.45, 7) is 0. The predicted octanol–water partition coefficient (Wildman–Crippen LogP) is 22.8. The normalized spacial score (nSPS) is 9.54. The summed E-state index contributed by atoms with van der Waals surface area (Å²) in [5.41, 5.74) is 9.98. The molecule has 0 unspecified atom stereocenters. The number of rotatable bonds is 30. The summed E-state index contributed by atoms with van der Waals surface area (Å²) in [5.74, 6) is 9.73. The Labute approximate surface area is 816 Å². The molecule has 0 aliphatic heterocycles. The first-order valence-electron chi connectivity index (χ1n) is 36.8. The van der Waals surface area contributed by atoms with Gasteiger partial charge >= 0.3 is 42.1 Å². The van der Waals surface area contributed by atoms with Crippen LogP contribution in [0.25, 0.3) is 31.9 Å². The topological polar surface area (TPSA) is 350 Å². The van der Waals surface area contributed by atoms with E-state index in [0.717, 1.165) is 166 Å². The van der Waals surface area contributed by atoms with Crippen LogP contribution in [0.3, 0.4) is 0 Å². The van der Waals surface area contributed by atoms with Crippen LogP contribution in [0.4, 0.5) is 68.2 Å². The molecular weight excluding hydrogens is 2000 g/mol. The maximum Gasteiger partial charge on any atom is 2.00 e. The average Bonchev–Trinajstić information content (AvgIpc) is 0.908. The summed E-state index contributed by atoms with van der Waals surface area (Å²) in [7, 11) is 23.6. The van der Waals surface area contributed by atoms with Crippen LogP contribution in [0.5, 0.6) is 69.0 Å². The van der Waals surface area contributed by atoms with Gasteiger partial charge in [0.15, 0.2) is 0 Å². The molecule has 666 valence electrons. The van der Waals surface area contributed by atoms with Gasteiger partial charge < -0.3 is 139 Å². The Morgan fingerprint density at radius 3 is 0.323 bits per heavy atom. The van der Waals surface area contributed by atoms with E-state index < -0.39 is 0 Å². The van der Waals surface area contributed by atoms with E-state index in [9.17, 15) is 0 Å². The molecule has 0 bridgehead atoms. The quantitative estimate of drug-likeness (QED) is 0.0185. The average molecular weight is 2110 g/mol. The number of aliphatic hydroxyl groups is 4. The molecule has 0 aromatic heterocycles. The molecule has 0 saturated heterocycles. The van der Waals surface area contributed by atoms with Gasteiger partial charge in [0.25, 0.3) is 0 Å². The van der Waals surface area contributed by atoms with E-state index in [1.807, 2.05) is 291 Å². The van der Waals surface area contributed by atoms with Crippen molar-refractivity contribution in [2.45, 2.75) is 0 Å². The third-order valence-corrected chi connectivity index (χ3v) is 15.4. The number of benzene rings is 12. The molecule has 0 aliphatic carbocycles. The minimum atomic E-state index is 0. The Kier molecular flexibility index (Phi) is 72.1. The van der Waals surface area contributed by atoms with Gasteiger partial charge in [-0.15, -0.1) is 0 Å². The van der Waals surface area contributed by atoms with Crippen LogP contribution in [-0.4, -0.2) is 172 Å². The molecule has 127 heavy (non-hydrogen) atoms. The third-order valence-electron chi connectivity index (χ3n) is 15.4. The van der Waals surface area contributed by atoms with Gasteiger partial charge in [0.1, 0.15) is 69.0 Å². The zero-order valence-electron chi connectivity index (χ0n) is 73.6. The van der Waals surface area contributed by atoms with Gasteiger partial charge in [-0.05, 0) is 214 Å². The Morgan fingerprint density at radius 2 is 0.244 bits per heavy atom. The Morgan fingerprint density at radius 1 is 0.165 bits per heavy atom. The monoisotopic (exact) mass is 2110 g/mol. The van der Waals surface area contributed by atoms with Crippen molar-refractivity contribution in [2.24, 2.45) is 30.0 Å². The van der Waals surface area contributed by atoms with Crippen LogP contribution in [-0.2, 0) is 104 Å². The molecular formula is C94H106Mo4N12O16Zn-2. The number of methoxy groups -OCH3 is 12. The molecule has 0 atom stereocenters. The van der Waals surface area contributed by atoms with E-state index >= 15 is 0 Å². The number of aliphatic hydroxyl groups excluding tert-OH is 4. The third kappa shape index (κ3) is 50.9. The summed E-state index contributed by atoms with van der Waals surface area (Å²) in [5, 5.41) is 53.4. The number of hydrogen-bond donors (Lipinski definition) is 4. The molecule has 0 spiro atoms. The Bertz CT molecular complexity index is 4040. The minimum Gasteiger partial charge on any atom is -0.497 e. The zero-order chi connectivity index (χ0) is 89.0. The van der Waals surface area contributed by atoms with Crippen molar-refractivity contribution in [1.29, 1.82) is 0 Å². The maximum atomic E-state index is 7.00. The summed E-state index contributed by atoms with van der Waals surface area (Å²) in [4.78, 5) is 25.4. The molecule has 0 amide bonds. The molecule has 0 fully saturated rings. The molecule has 0 radical (unpaired) electrons. The number of ether oxygens (including phenoxy) is 12. The largest absolute Gasteiger partial charge is 2.00 e. The van der Waals surface area contributed by atoms with Gasteiger partial charge in [-0.3, -0.25) is 0 Å². The molecule has 4 N–H and O–H groups in total. The van der Waals surface area contributed by atoms with E-state index in [0.29, 0.717) is 0 Å². The SMILES string of the molecule is CO.CO.CO.CO.COc1ccc(N=C[N-]c2ccc(OC)cc2)cc1.COc1ccc(N=C[N-]c2ccc(OC)cc2)cc1.COc1ccc(N=C[N-]c2ccc(OC)cc2)cc1.COc1ccc(N=C[N-]c2ccc(OC)cc2)cc1.COc1ccc(N=C[N-]c2ccc(OC)cc2)cc1.COc1ccc(N=C[N-]c2ccc(OC)cc2)cc1.[Mo+2].[Mo+2].[Mo].[Mo].[Zn]. The van der Waals surface area contributed by atoms with E-state index in [2.05, 4.69) is 61.9 Å². The van der Waals surface area contributed by atoms with E-state index in [1.165, 1.54) is 38.0 Å². The first-order chi connectivity index (χ1) is 59.9. The second-order valence-corrected chi connectivity index (χ2v) is 22.6. The van der Waals surface area contributed by atoms with Gasteiger partial charge in [0.2, 0.25) is 0 Å². The molecule has 0 heterocycles. The molecule has 12 aromatic carbocycles. The summed E-state index contributed by atoms with van der Waals surface area (Å²) in [6, 6.07) is 89.6. The van der Waals surface area contributed by atoms with Crippen molar-refractivity contribution in [3.8, 4) is 69.0 Å². The summed E-state index contributed by atoms with van der Waals surface area (Å²) >= 11 is 0. The van der Waals surface area contributed by atoms with Crippen molar-refractivity contribution in [1.82, 2.24) is 0 Å².